The number of methoxy groups -OCH3 is 2. The molecule has 1 aromatic rings. The first kappa shape index (κ1) is 13.2. The first-order valence-corrected chi connectivity index (χ1v) is 5.28. The average molecular weight is 239 g/mol. The number of nitrogens with one attached hydrogen (secondary N) is 1. The van der Waals surface area contributed by atoms with Gasteiger partial charge < -0.3 is 14.2 Å². The zero-order chi connectivity index (χ0) is 12.8. The third kappa shape index (κ3) is 3.27. The molecule has 1 N–H and O–H groups in total. The lowest BCUT2D eigenvalue weighted by Crippen LogP contribution is -2.14. The Bertz CT molecular complexity index is 404. The maximum absolute atomic E-state index is 11.3. The summed E-state index contributed by atoms with van der Waals surface area (Å²) in [5.74, 6) is 1.24. The largest absolute Gasteiger partial charge is 0.496 e. The van der Waals surface area contributed by atoms with Crippen molar-refractivity contribution < 1.29 is 19.0 Å². The molecule has 0 unspecified atom stereocenters. The summed E-state index contributed by atoms with van der Waals surface area (Å²) < 4.78 is 15.2. The molecule has 94 valence electrons. The summed E-state index contributed by atoms with van der Waals surface area (Å²) >= 11 is 0. The van der Waals surface area contributed by atoms with Crippen molar-refractivity contribution in [3.63, 3.8) is 0 Å². The van der Waals surface area contributed by atoms with E-state index in [0.29, 0.717) is 23.8 Å². The van der Waals surface area contributed by atoms with Crippen molar-refractivity contribution in [1.29, 1.82) is 0 Å². The van der Waals surface area contributed by atoms with Crippen molar-refractivity contribution in [2.45, 2.75) is 13.8 Å². The molecule has 0 atom stereocenters. The highest BCUT2D eigenvalue weighted by Crippen LogP contribution is 2.32. The Morgan fingerprint density at radius 2 is 1.88 bits per heavy atom. The lowest BCUT2D eigenvalue weighted by atomic mass is 10.2. The number of hydrogen-bond acceptors (Lipinski definition) is 4. The van der Waals surface area contributed by atoms with Crippen LogP contribution in [0.1, 0.15) is 12.5 Å². The lowest BCUT2D eigenvalue weighted by molar-refractivity contribution is 0.168. The molecule has 0 bridgehead atoms. The second-order valence-electron chi connectivity index (χ2n) is 3.37. The van der Waals surface area contributed by atoms with Crippen LogP contribution in [0.4, 0.5) is 10.5 Å². The summed E-state index contributed by atoms with van der Waals surface area (Å²) in [5.41, 5.74) is 1.45. The molecule has 1 rings (SSSR count). The summed E-state index contributed by atoms with van der Waals surface area (Å²) in [5, 5.41) is 2.60. The van der Waals surface area contributed by atoms with Gasteiger partial charge in [0.2, 0.25) is 0 Å². The molecule has 5 heteroatoms. The fourth-order valence-corrected chi connectivity index (χ4v) is 1.43. The van der Waals surface area contributed by atoms with E-state index >= 15 is 0 Å². The molecule has 0 aromatic heterocycles. The van der Waals surface area contributed by atoms with E-state index in [0.717, 1.165) is 5.56 Å². The first-order chi connectivity index (χ1) is 8.12. The van der Waals surface area contributed by atoms with Crippen LogP contribution < -0.4 is 14.8 Å². The Hall–Kier alpha value is -1.91. The number of rotatable bonds is 4. The number of carbonyl (C=O) groups excluding carboxylic acids is 1. The van der Waals surface area contributed by atoms with Crippen molar-refractivity contribution >= 4 is 11.8 Å². The van der Waals surface area contributed by atoms with Crippen LogP contribution in [-0.4, -0.2) is 26.9 Å². The number of ether oxygens (including phenoxy) is 3. The average Bonchev–Trinajstić information content (AvgIpc) is 2.31. The highest BCUT2D eigenvalue weighted by atomic mass is 16.5. The molecule has 0 heterocycles. The predicted octanol–water partition coefficient (Wildman–Crippen LogP) is 2.58. The maximum atomic E-state index is 11.3. The van der Waals surface area contributed by atoms with Gasteiger partial charge in [0.15, 0.2) is 0 Å². The second kappa shape index (κ2) is 5.98. The van der Waals surface area contributed by atoms with Gasteiger partial charge in [-0.05, 0) is 25.5 Å². The van der Waals surface area contributed by atoms with Crippen LogP contribution in [0.15, 0.2) is 12.1 Å². The van der Waals surface area contributed by atoms with E-state index in [2.05, 4.69) is 5.32 Å². The van der Waals surface area contributed by atoms with E-state index < -0.39 is 6.09 Å². The van der Waals surface area contributed by atoms with Crippen LogP contribution in [0.25, 0.3) is 0 Å². The van der Waals surface area contributed by atoms with Gasteiger partial charge in [0.25, 0.3) is 0 Å². The number of hydrogen-bond donors (Lipinski definition) is 1. The molecule has 17 heavy (non-hydrogen) atoms. The van der Waals surface area contributed by atoms with Gasteiger partial charge in [-0.25, -0.2) is 4.79 Å². The molecule has 1 amide bonds. The molecular formula is C12H17NO4. The third-order valence-electron chi connectivity index (χ3n) is 2.23. The van der Waals surface area contributed by atoms with E-state index in [4.69, 9.17) is 14.2 Å². The Kier molecular flexibility index (Phi) is 4.63. The van der Waals surface area contributed by atoms with Crippen LogP contribution in [-0.2, 0) is 4.74 Å². The minimum atomic E-state index is -0.517. The van der Waals surface area contributed by atoms with E-state index in [1.54, 1.807) is 26.2 Å². The first-order valence-electron chi connectivity index (χ1n) is 5.28. The van der Waals surface area contributed by atoms with Gasteiger partial charge in [0, 0.05) is 6.07 Å². The third-order valence-corrected chi connectivity index (χ3v) is 2.23. The minimum Gasteiger partial charge on any atom is -0.496 e. The molecule has 0 aliphatic rings. The van der Waals surface area contributed by atoms with E-state index in [9.17, 15) is 4.79 Å². The SMILES string of the molecule is CCOC(=O)Nc1cc(OC)c(C)cc1OC. The Balaban J connectivity index is 2.99. The van der Waals surface area contributed by atoms with Crippen LogP contribution in [0.5, 0.6) is 11.5 Å². The fourth-order valence-electron chi connectivity index (χ4n) is 1.43. The summed E-state index contributed by atoms with van der Waals surface area (Å²) in [7, 11) is 3.11. The van der Waals surface area contributed by atoms with Gasteiger partial charge in [0.1, 0.15) is 11.5 Å². The highest BCUT2D eigenvalue weighted by Gasteiger charge is 2.11. The number of anilines is 1. The summed E-state index contributed by atoms with van der Waals surface area (Å²) in [6.45, 7) is 3.96. The number of carbonyl (C=O) groups is 1. The number of benzene rings is 1. The zero-order valence-electron chi connectivity index (χ0n) is 10.5. The topological polar surface area (TPSA) is 56.8 Å². The monoisotopic (exact) mass is 239 g/mol. The van der Waals surface area contributed by atoms with E-state index in [1.807, 2.05) is 6.92 Å². The van der Waals surface area contributed by atoms with Crippen LogP contribution >= 0.6 is 0 Å². The van der Waals surface area contributed by atoms with Gasteiger partial charge in [-0.2, -0.15) is 0 Å². The molecule has 1 aromatic carbocycles. The van der Waals surface area contributed by atoms with Crippen molar-refractivity contribution in [2.24, 2.45) is 0 Å². The molecule has 0 spiro atoms. The molecule has 0 fully saturated rings. The van der Waals surface area contributed by atoms with Crippen molar-refractivity contribution in [3.8, 4) is 11.5 Å². The summed E-state index contributed by atoms with van der Waals surface area (Å²) in [6, 6.07) is 3.49. The molecule has 0 aliphatic heterocycles. The van der Waals surface area contributed by atoms with E-state index in [1.165, 1.54) is 7.11 Å². The number of amides is 1. The second-order valence-corrected chi connectivity index (χ2v) is 3.37. The van der Waals surface area contributed by atoms with Gasteiger partial charge in [0.05, 0.1) is 26.5 Å². The van der Waals surface area contributed by atoms with Crippen molar-refractivity contribution in [3.05, 3.63) is 17.7 Å². The Labute approximate surface area is 101 Å². The standard InChI is InChI=1S/C12H17NO4/c1-5-17-12(14)13-9-7-10(15-3)8(2)6-11(9)16-4/h6-7H,5H2,1-4H3,(H,13,14). The highest BCUT2D eigenvalue weighted by molar-refractivity contribution is 5.87. The Morgan fingerprint density at radius 1 is 1.24 bits per heavy atom. The quantitative estimate of drug-likeness (QED) is 0.877. The Morgan fingerprint density at radius 3 is 2.41 bits per heavy atom. The van der Waals surface area contributed by atoms with E-state index in [-0.39, 0.29) is 0 Å². The molecular weight excluding hydrogens is 222 g/mol. The van der Waals surface area contributed by atoms with Gasteiger partial charge in [-0.1, -0.05) is 0 Å². The molecule has 0 saturated carbocycles. The van der Waals surface area contributed by atoms with Crippen molar-refractivity contribution in [1.82, 2.24) is 0 Å². The van der Waals surface area contributed by atoms with Crippen LogP contribution in [0, 0.1) is 6.92 Å². The molecule has 0 radical (unpaired) electrons. The van der Waals surface area contributed by atoms with Gasteiger partial charge in [-0.3, -0.25) is 5.32 Å². The fraction of sp³-hybridized carbons (Fsp3) is 0.417. The molecule has 0 saturated heterocycles. The predicted molar refractivity (Wildman–Crippen MR) is 64.9 cm³/mol. The molecule has 5 nitrogen and oxygen atoms in total. The zero-order valence-corrected chi connectivity index (χ0v) is 10.5. The van der Waals surface area contributed by atoms with Crippen LogP contribution in [0.2, 0.25) is 0 Å². The lowest BCUT2D eigenvalue weighted by Gasteiger charge is -2.13. The summed E-state index contributed by atoms with van der Waals surface area (Å²) in [4.78, 5) is 11.3. The maximum Gasteiger partial charge on any atom is 0.411 e. The normalized spacial score (nSPS) is 9.65. The van der Waals surface area contributed by atoms with Gasteiger partial charge >= 0.3 is 6.09 Å². The smallest absolute Gasteiger partial charge is 0.411 e. The van der Waals surface area contributed by atoms with Gasteiger partial charge in [-0.15, -0.1) is 0 Å². The van der Waals surface area contributed by atoms with Crippen molar-refractivity contribution in [2.75, 3.05) is 26.1 Å². The van der Waals surface area contributed by atoms with Crippen LogP contribution in [0.3, 0.4) is 0 Å². The summed E-state index contributed by atoms with van der Waals surface area (Å²) in [6.07, 6.45) is -0.517. The minimum absolute atomic E-state index is 0.317. The molecule has 0 aliphatic carbocycles. The number of aryl methyl sites for hydroxylation is 1.